The van der Waals surface area contributed by atoms with Gasteiger partial charge in [0, 0.05) is 16.7 Å². The zero-order valence-corrected chi connectivity index (χ0v) is 12.1. The van der Waals surface area contributed by atoms with Crippen molar-refractivity contribution in [2.75, 3.05) is 5.32 Å². The highest BCUT2D eigenvalue weighted by molar-refractivity contribution is 5.67. The maximum Gasteiger partial charge on any atom is 0.115 e. The fraction of sp³-hybridized carbons (Fsp3) is 0.412. The molecular formula is C17H21NO. The van der Waals surface area contributed by atoms with Crippen molar-refractivity contribution in [2.45, 2.75) is 44.9 Å². The van der Waals surface area contributed by atoms with Gasteiger partial charge in [-0.3, -0.25) is 0 Å². The maximum atomic E-state index is 5.87. The third-order valence-electron chi connectivity index (χ3n) is 4.02. The molecule has 0 saturated carbocycles. The summed E-state index contributed by atoms with van der Waals surface area (Å²) in [6, 6.07) is 10.3. The Labute approximate surface area is 114 Å². The number of rotatable bonds is 2. The van der Waals surface area contributed by atoms with Crippen molar-refractivity contribution >= 4 is 11.4 Å². The second-order valence-corrected chi connectivity index (χ2v) is 6.79. The van der Waals surface area contributed by atoms with Crippen LogP contribution >= 0.6 is 0 Å². The fourth-order valence-electron chi connectivity index (χ4n) is 3.57. The summed E-state index contributed by atoms with van der Waals surface area (Å²) in [5, 5.41) is 3.48. The molecule has 0 aliphatic heterocycles. The zero-order chi connectivity index (χ0) is 13.7. The summed E-state index contributed by atoms with van der Waals surface area (Å²) >= 11 is 0. The summed E-state index contributed by atoms with van der Waals surface area (Å²) < 4.78 is 5.87. The topological polar surface area (TPSA) is 25.2 Å². The van der Waals surface area contributed by atoms with E-state index in [2.05, 4.69) is 45.1 Å². The average Bonchev–Trinajstić information content (AvgIpc) is 2.81. The molecule has 1 aromatic heterocycles. The summed E-state index contributed by atoms with van der Waals surface area (Å²) in [5.41, 5.74) is 3.82. The van der Waals surface area contributed by atoms with Gasteiger partial charge in [0.2, 0.25) is 0 Å². The lowest BCUT2D eigenvalue weighted by molar-refractivity contribution is 0.351. The number of para-hydroxylation sites is 1. The molecule has 1 aliphatic rings. The van der Waals surface area contributed by atoms with Crippen LogP contribution in [0.4, 0.5) is 11.4 Å². The van der Waals surface area contributed by atoms with Crippen molar-refractivity contribution in [2.24, 2.45) is 0 Å². The molecule has 2 aromatic rings. The Kier molecular flexibility index (Phi) is 2.53. The van der Waals surface area contributed by atoms with Crippen molar-refractivity contribution in [3.05, 3.63) is 47.9 Å². The molecule has 19 heavy (non-hydrogen) atoms. The molecule has 0 fully saturated rings. The molecule has 0 spiro atoms. The van der Waals surface area contributed by atoms with Crippen LogP contribution in [0.1, 0.15) is 45.4 Å². The Morgan fingerprint density at radius 1 is 1.00 bits per heavy atom. The minimum Gasteiger partial charge on any atom is -0.466 e. The molecule has 1 heterocycles. The standard InChI is InChI=1S/C17H21NO/c1-16(2)11-17(3,4)15-14(16)13(10-19-15)18-12-8-6-5-7-9-12/h5-10,18H,11H2,1-4H3. The van der Waals surface area contributed by atoms with Crippen molar-refractivity contribution in [3.8, 4) is 0 Å². The molecule has 0 atom stereocenters. The van der Waals surface area contributed by atoms with Gasteiger partial charge >= 0.3 is 0 Å². The molecule has 100 valence electrons. The maximum absolute atomic E-state index is 5.87. The van der Waals surface area contributed by atoms with Crippen LogP contribution in [0.25, 0.3) is 0 Å². The first kappa shape index (κ1) is 12.3. The lowest BCUT2D eigenvalue weighted by Crippen LogP contribution is -2.19. The molecule has 0 radical (unpaired) electrons. The first-order valence-corrected chi connectivity index (χ1v) is 6.85. The SMILES string of the molecule is CC1(C)CC(C)(C)c2c(Nc3ccccc3)coc21. The van der Waals surface area contributed by atoms with E-state index in [1.807, 2.05) is 24.5 Å². The highest BCUT2D eigenvalue weighted by atomic mass is 16.3. The molecule has 2 nitrogen and oxygen atoms in total. The van der Waals surface area contributed by atoms with Gasteiger partial charge in [-0.1, -0.05) is 45.9 Å². The van der Waals surface area contributed by atoms with Crippen LogP contribution in [0.3, 0.4) is 0 Å². The molecule has 2 heteroatoms. The van der Waals surface area contributed by atoms with E-state index in [4.69, 9.17) is 4.42 Å². The summed E-state index contributed by atoms with van der Waals surface area (Å²) in [7, 11) is 0. The monoisotopic (exact) mass is 255 g/mol. The molecule has 3 rings (SSSR count). The van der Waals surface area contributed by atoms with Crippen LogP contribution in [0.5, 0.6) is 0 Å². The number of benzene rings is 1. The Bertz CT molecular complexity index is 593. The first-order valence-electron chi connectivity index (χ1n) is 6.85. The van der Waals surface area contributed by atoms with Crippen molar-refractivity contribution in [1.29, 1.82) is 0 Å². The Hall–Kier alpha value is -1.70. The third-order valence-corrected chi connectivity index (χ3v) is 4.02. The Balaban J connectivity index is 2.03. The number of hydrogen-bond acceptors (Lipinski definition) is 2. The van der Waals surface area contributed by atoms with Gasteiger partial charge in [-0.15, -0.1) is 0 Å². The van der Waals surface area contributed by atoms with Crippen molar-refractivity contribution < 1.29 is 4.42 Å². The van der Waals surface area contributed by atoms with E-state index in [0.29, 0.717) is 0 Å². The summed E-state index contributed by atoms with van der Waals surface area (Å²) in [5.74, 6) is 1.14. The van der Waals surface area contributed by atoms with E-state index in [-0.39, 0.29) is 10.8 Å². The molecular weight excluding hydrogens is 234 g/mol. The molecule has 1 aliphatic carbocycles. The number of fused-ring (bicyclic) bond motifs is 1. The molecule has 0 amide bonds. The minimum atomic E-state index is 0.120. The van der Waals surface area contributed by atoms with Gasteiger partial charge < -0.3 is 9.73 Å². The van der Waals surface area contributed by atoms with E-state index in [0.717, 1.165) is 23.6 Å². The molecule has 0 saturated heterocycles. The second-order valence-electron chi connectivity index (χ2n) is 6.79. The van der Waals surface area contributed by atoms with Gasteiger partial charge in [-0.2, -0.15) is 0 Å². The van der Waals surface area contributed by atoms with Crippen LogP contribution in [0.2, 0.25) is 0 Å². The highest BCUT2D eigenvalue weighted by Crippen LogP contribution is 2.53. The molecule has 0 unspecified atom stereocenters. The lowest BCUT2D eigenvalue weighted by atomic mass is 9.82. The van der Waals surface area contributed by atoms with E-state index in [9.17, 15) is 0 Å². The van der Waals surface area contributed by atoms with Crippen LogP contribution in [0.15, 0.2) is 41.0 Å². The van der Waals surface area contributed by atoms with E-state index in [1.165, 1.54) is 5.56 Å². The van der Waals surface area contributed by atoms with Crippen molar-refractivity contribution in [1.82, 2.24) is 0 Å². The van der Waals surface area contributed by atoms with Gasteiger partial charge in [0.15, 0.2) is 0 Å². The van der Waals surface area contributed by atoms with Crippen LogP contribution in [0, 0.1) is 0 Å². The number of furan rings is 1. The lowest BCUT2D eigenvalue weighted by Gasteiger charge is -2.23. The third kappa shape index (κ3) is 1.95. The van der Waals surface area contributed by atoms with E-state index >= 15 is 0 Å². The van der Waals surface area contributed by atoms with E-state index in [1.54, 1.807) is 0 Å². The van der Waals surface area contributed by atoms with Crippen LogP contribution in [-0.2, 0) is 10.8 Å². The minimum absolute atomic E-state index is 0.120. The quantitative estimate of drug-likeness (QED) is 0.818. The Morgan fingerprint density at radius 2 is 1.68 bits per heavy atom. The number of nitrogens with one attached hydrogen (secondary N) is 1. The van der Waals surface area contributed by atoms with Gasteiger partial charge in [0.1, 0.15) is 12.0 Å². The Morgan fingerprint density at radius 3 is 2.37 bits per heavy atom. The summed E-state index contributed by atoms with van der Waals surface area (Å²) in [6.45, 7) is 9.12. The van der Waals surface area contributed by atoms with Gasteiger partial charge in [0.05, 0.1) is 5.69 Å². The van der Waals surface area contributed by atoms with Gasteiger partial charge in [-0.25, -0.2) is 0 Å². The predicted octanol–water partition coefficient (Wildman–Crippen LogP) is 4.98. The number of hydrogen-bond donors (Lipinski definition) is 1. The second kappa shape index (κ2) is 3.89. The van der Waals surface area contributed by atoms with Crippen LogP contribution < -0.4 is 5.32 Å². The normalized spacial score (nSPS) is 19.2. The summed E-state index contributed by atoms with van der Waals surface area (Å²) in [6.07, 6.45) is 2.98. The van der Waals surface area contributed by atoms with Gasteiger partial charge in [-0.05, 0) is 24.0 Å². The van der Waals surface area contributed by atoms with Crippen molar-refractivity contribution in [3.63, 3.8) is 0 Å². The largest absolute Gasteiger partial charge is 0.466 e. The number of anilines is 2. The van der Waals surface area contributed by atoms with Gasteiger partial charge in [0.25, 0.3) is 0 Å². The van der Waals surface area contributed by atoms with Crippen LogP contribution in [-0.4, -0.2) is 0 Å². The average molecular weight is 255 g/mol. The van der Waals surface area contributed by atoms with E-state index < -0.39 is 0 Å². The molecule has 1 N–H and O–H groups in total. The smallest absolute Gasteiger partial charge is 0.115 e. The predicted molar refractivity (Wildman–Crippen MR) is 79.1 cm³/mol. The molecule has 1 aromatic carbocycles. The molecule has 0 bridgehead atoms. The highest BCUT2D eigenvalue weighted by Gasteiger charge is 2.46. The zero-order valence-electron chi connectivity index (χ0n) is 12.1. The first-order chi connectivity index (χ1) is 8.90. The summed E-state index contributed by atoms with van der Waals surface area (Å²) in [4.78, 5) is 0. The fourth-order valence-corrected chi connectivity index (χ4v) is 3.57.